The van der Waals surface area contributed by atoms with E-state index in [0.717, 1.165) is 0 Å². The molecule has 0 unspecified atom stereocenters. The molecule has 1 aromatic heterocycles. The van der Waals surface area contributed by atoms with E-state index in [4.69, 9.17) is 9.84 Å². The van der Waals surface area contributed by atoms with Crippen LogP contribution in [-0.2, 0) is 0 Å². The predicted molar refractivity (Wildman–Crippen MR) is 79.2 cm³/mol. The molecule has 108 valence electrons. The second-order valence-corrected chi connectivity index (χ2v) is 4.84. The van der Waals surface area contributed by atoms with Crippen LogP contribution in [0.4, 0.5) is 10.1 Å². The van der Waals surface area contributed by atoms with Crippen molar-refractivity contribution < 1.29 is 19.0 Å². The molecule has 0 atom stereocenters. The van der Waals surface area contributed by atoms with Gasteiger partial charge in [-0.2, -0.15) is 0 Å². The van der Waals surface area contributed by atoms with Gasteiger partial charge in [0.2, 0.25) is 0 Å². The molecule has 1 aromatic carbocycles. The van der Waals surface area contributed by atoms with Gasteiger partial charge in [-0.25, -0.2) is 4.39 Å². The average molecular weight is 305 g/mol. The van der Waals surface area contributed by atoms with Crippen LogP contribution in [0.3, 0.4) is 0 Å². The van der Waals surface area contributed by atoms with Crippen LogP contribution < -0.4 is 10.1 Å². The summed E-state index contributed by atoms with van der Waals surface area (Å²) in [4.78, 5) is 12.5. The van der Waals surface area contributed by atoms with Crippen LogP contribution in [0.2, 0.25) is 0 Å². The molecule has 0 radical (unpaired) electrons. The summed E-state index contributed by atoms with van der Waals surface area (Å²) in [6.45, 7) is -0.359. The predicted octanol–water partition coefficient (Wildman–Crippen LogP) is 2.49. The van der Waals surface area contributed by atoms with Gasteiger partial charge in [0.25, 0.3) is 5.91 Å². The Hall–Kier alpha value is -2.36. The van der Waals surface area contributed by atoms with E-state index < -0.39 is 5.82 Å². The van der Waals surface area contributed by atoms with Crippen LogP contribution in [-0.4, -0.2) is 24.7 Å². The number of anilines is 1. The quantitative estimate of drug-likeness (QED) is 0.857. The SMILES string of the molecule is COc1ccsc1C(=O)Nc1ccc(F)c(C#CCO)c1. The molecule has 6 heteroatoms. The number of rotatable bonds is 3. The summed E-state index contributed by atoms with van der Waals surface area (Å²) in [6, 6.07) is 5.76. The number of hydrogen-bond acceptors (Lipinski definition) is 4. The first-order valence-electron chi connectivity index (χ1n) is 5.98. The number of ether oxygens (including phenoxy) is 1. The van der Waals surface area contributed by atoms with Gasteiger partial charge in [-0.3, -0.25) is 4.79 Å². The topological polar surface area (TPSA) is 58.6 Å². The zero-order valence-corrected chi connectivity index (χ0v) is 12.0. The summed E-state index contributed by atoms with van der Waals surface area (Å²) in [5.74, 6) is 4.49. The zero-order chi connectivity index (χ0) is 15.2. The first-order chi connectivity index (χ1) is 10.2. The third kappa shape index (κ3) is 3.60. The fourth-order valence-corrected chi connectivity index (χ4v) is 2.40. The second-order valence-electron chi connectivity index (χ2n) is 3.93. The summed E-state index contributed by atoms with van der Waals surface area (Å²) in [5, 5.41) is 13.0. The van der Waals surface area contributed by atoms with Gasteiger partial charge in [0, 0.05) is 5.69 Å². The highest BCUT2D eigenvalue weighted by atomic mass is 32.1. The maximum atomic E-state index is 13.5. The number of methoxy groups -OCH3 is 1. The lowest BCUT2D eigenvalue weighted by molar-refractivity contribution is 0.102. The maximum Gasteiger partial charge on any atom is 0.269 e. The van der Waals surface area contributed by atoms with E-state index in [1.54, 1.807) is 11.4 Å². The minimum Gasteiger partial charge on any atom is -0.495 e. The molecule has 0 aliphatic heterocycles. The number of aliphatic hydroxyl groups excluding tert-OH is 1. The van der Waals surface area contributed by atoms with Crippen LogP contribution in [0.15, 0.2) is 29.6 Å². The molecule has 2 aromatic rings. The fourth-order valence-electron chi connectivity index (χ4n) is 1.65. The maximum absolute atomic E-state index is 13.5. The van der Waals surface area contributed by atoms with Crippen molar-refractivity contribution in [1.82, 2.24) is 0 Å². The molecule has 0 bridgehead atoms. The fraction of sp³-hybridized carbons (Fsp3) is 0.133. The molecule has 2 rings (SSSR count). The average Bonchev–Trinajstić information content (AvgIpc) is 2.96. The summed E-state index contributed by atoms with van der Waals surface area (Å²) < 4.78 is 18.6. The van der Waals surface area contributed by atoms with Crippen LogP contribution in [0, 0.1) is 17.7 Å². The second kappa shape index (κ2) is 6.88. The number of carbonyl (C=O) groups excluding carboxylic acids is 1. The molecule has 0 saturated carbocycles. The van der Waals surface area contributed by atoms with Crippen LogP contribution in [0.25, 0.3) is 0 Å². The Morgan fingerprint density at radius 2 is 2.29 bits per heavy atom. The zero-order valence-electron chi connectivity index (χ0n) is 11.1. The molecule has 1 amide bonds. The number of hydrogen-bond donors (Lipinski definition) is 2. The minimum absolute atomic E-state index is 0.111. The van der Waals surface area contributed by atoms with Crippen LogP contribution in [0.5, 0.6) is 5.75 Å². The summed E-state index contributed by atoms with van der Waals surface area (Å²) >= 11 is 1.25. The largest absolute Gasteiger partial charge is 0.495 e. The normalized spacial score (nSPS) is 9.67. The number of amides is 1. The Morgan fingerprint density at radius 3 is 3.00 bits per heavy atom. The van der Waals surface area contributed by atoms with Gasteiger partial charge >= 0.3 is 0 Å². The van der Waals surface area contributed by atoms with Gasteiger partial charge in [0.15, 0.2) is 0 Å². The first-order valence-corrected chi connectivity index (χ1v) is 6.85. The van der Waals surface area contributed by atoms with Gasteiger partial charge in [0.05, 0.1) is 12.7 Å². The monoisotopic (exact) mass is 305 g/mol. The molecule has 0 spiro atoms. The van der Waals surface area contributed by atoms with Crippen LogP contribution in [0.1, 0.15) is 15.2 Å². The number of carbonyl (C=O) groups is 1. The van der Waals surface area contributed by atoms with E-state index >= 15 is 0 Å². The molecule has 4 nitrogen and oxygen atoms in total. The Balaban J connectivity index is 2.22. The first kappa shape index (κ1) is 15.0. The molecular weight excluding hydrogens is 293 g/mol. The third-order valence-electron chi connectivity index (χ3n) is 2.58. The third-order valence-corrected chi connectivity index (χ3v) is 3.48. The van der Waals surface area contributed by atoms with E-state index in [9.17, 15) is 9.18 Å². The van der Waals surface area contributed by atoms with Crippen molar-refractivity contribution in [3.63, 3.8) is 0 Å². The van der Waals surface area contributed by atoms with Crippen molar-refractivity contribution in [3.05, 3.63) is 45.9 Å². The number of benzene rings is 1. The van der Waals surface area contributed by atoms with E-state index in [1.807, 2.05) is 0 Å². The Labute approximate surface area is 125 Å². The summed E-state index contributed by atoms with van der Waals surface area (Å²) in [7, 11) is 1.49. The summed E-state index contributed by atoms with van der Waals surface area (Å²) in [5.41, 5.74) is 0.527. The van der Waals surface area contributed by atoms with Crippen LogP contribution >= 0.6 is 11.3 Å². The van der Waals surface area contributed by atoms with Gasteiger partial charge in [0.1, 0.15) is 23.1 Å². The Kier molecular flexibility index (Phi) is 4.93. The molecule has 0 aliphatic rings. The van der Waals surface area contributed by atoms with Crippen molar-refractivity contribution in [3.8, 4) is 17.6 Å². The van der Waals surface area contributed by atoms with E-state index in [-0.39, 0.29) is 18.1 Å². The molecule has 0 fully saturated rings. The molecule has 1 heterocycles. The molecule has 21 heavy (non-hydrogen) atoms. The van der Waals surface area contributed by atoms with E-state index in [1.165, 1.54) is 36.6 Å². The molecule has 0 aliphatic carbocycles. The lowest BCUT2D eigenvalue weighted by Crippen LogP contribution is -2.11. The standard InChI is InChI=1S/C15H12FNO3S/c1-20-13-6-8-21-14(13)15(19)17-11-4-5-12(16)10(9-11)3-2-7-18/h4-6,8-9,18H,7H2,1H3,(H,17,19). The van der Waals surface area contributed by atoms with E-state index in [2.05, 4.69) is 17.2 Å². The van der Waals surface area contributed by atoms with Crippen molar-refractivity contribution in [2.45, 2.75) is 0 Å². The van der Waals surface area contributed by atoms with Gasteiger partial charge < -0.3 is 15.2 Å². The number of halogens is 1. The molecular formula is C15H12FNO3S. The highest BCUT2D eigenvalue weighted by Crippen LogP contribution is 2.25. The summed E-state index contributed by atoms with van der Waals surface area (Å²) in [6.07, 6.45) is 0. The van der Waals surface area contributed by atoms with Gasteiger partial charge in [-0.15, -0.1) is 11.3 Å². The molecule has 2 N–H and O–H groups in total. The number of thiophene rings is 1. The lowest BCUT2D eigenvalue weighted by Gasteiger charge is -2.06. The number of nitrogens with one attached hydrogen (secondary N) is 1. The highest BCUT2D eigenvalue weighted by Gasteiger charge is 2.14. The van der Waals surface area contributed by atoms with Gasteiger partial charge in [-0.1, -0.05) is 11.8 Å². The van der Waals surface area contributed by atoms with Crippen molar-refractivity contribution in [2.24, 2.45) is 0 Å². The van der Waals surface area contributed by atoms with Crippen molar-refractivity contribution in [1.29, 1.82) is 0 Å². The van der Waals surface area contributed by atoms with Crippen molar-refractivity contribution >= 4 is 22.9 Å². The highest BCUT2D eigenvalue weighted by molar-refractivity contribution is 7.12. The molecule has 0 saturated heterocycles. The Morgan fingerprint density at radius 1 is 1.48 bits per heavy atom. The Bertz CT molecular complexity index is 715. The lowest BCUT2D eigenvalue weighted by atomic mass is 10.2. The minimum atomic E-state index is -0.511. The van der Waals surface area contributed by atoms with Gasteiger partial charge in [-0.05, 0) is 29.6 Å². The van der Waals surface area contributed by atoms with Crippen molar-refractivity contribution in [2.75, 3.05) is 19.0 Å². The van der Waals surface area contributed by atoms with E-state index in [0.29, 0.717) is 16.3 Å². The smallest absolute Gasteiger partial charge is 0.269 e. The number of aliphatic hydroxyl groups is 1.